The van der Waals surface area contributed by atoms with Crippen molar-refractivity contribution in [3.05, 3.63) is 59.7 Å². The van der Waals surface area contributed by atoms with Gasteiger partial charge in [0.1, 0.15) is 12.6 Å². The molecule has 2 aromatic carbocycles. The van der Waals surface area contributed by atoms with Crippen LogP contribution in [0.15, 0.2) is 48.5 Å². The van der Waals surface area contributed by atoms with Gasteiger partial charge in [0.15, 0.2) is 0 Å². The Balaban J connectivity index is 1.34. The number of fused-ring (bicyclic) bond motifs is 3. The van der Waals surface area contributed by atoms with E-state index >= 15 is 0 Å². The van der Waals surface area contributed by atoms with Crippen LogP contribution in [0, 0.1) is 11.8 Å². The number of carbonyl (C=O) groups excluding carboxylic acids is 2. The molecule has 2 atom stereocenters. The molecule has 7 nitrogen and oxygen atoms in total. The van der Waals surface area contributed by atoms with Gasteiger partial charge in [-0.15, -0.1) is 0 Å². The Hall–Kier alpha value is -3.35. The molecule has 4 rings (SSSR count). The van der Waals surface area contributed by atoms with Crippen LogP contribution >= 0.6 is 0 Å². The van der Waals surface area contributed by atoms with E-state index in [2.05, 4.69) is 34.9 Å². The van der Waals surface area contributed by atoms with Gasteiger partial charge in [0.25, 0.3) is 0 Å². The van der Waals surface area contributed by atoms with Crippen molar-refractivity contribution in [1.29, 1.82) is 0 Å². The lowest BCUT2D eigenvalue weighted by atomic mass is 9.98. The number of carbonyl (C=O) groups is 3. The summed E-state index contributed by atoms with van der Waals surface area (Å²) in [5.41, 5.74) is 4.54. The minimum absolute atomic E-state index is 0.0604. The second kappa shape index (κ2) is 11.4. The summed E-state index contributed by atoms with van der Waals surface area (Å²) in [4.78, 5) is 37.1. The molecule has 0 aliphatic heterocycles. The average molecular weight is 479 g/mol. The number of rotatable bonds is 12. The van der Waals surface area contributed by atoms with E-state index in [1.54, 1.807) is 0 Å². The molecule has 2 amide bonds. The van der Waals surface area contributed by atoms with Gasteiger partial charge >= 0.3 is 12.1 Å². The lowest BCUT2D eigenvalue weighted by molar-refractivity contribution is -0.142. The Morgan fingerprint density at radius 1 is 1.03 bits per heavy atom. The van der Waals surface area contributed by atoms with Crippen molar-refractivity contribution in [1.82, 2.24) is 10.6 Å². The van der Waals surface area contributed by atoms with E-state index in [-0.39, 0.29) is 25.0 Å². The largest absolute Gasteiger partial charge is 0.481 e. The van der Waals surface area contributed by atoms with Gasteiger partial charge in [-0.25, -0.2) is 4.79 Å². The van der Waals surface area contributed by atoms with E-state index in [0.717, 1.165) is 47.9 Å². The normalized spacial score (nSPS) is 16.0. The zero-order valence-electron chi connectivity index (χ0n) is 20.2. The molecule has 0 spiro atoms. The van der Waals surface area contributed by atoms with E-state index in [1.165, 1.54) is 0 Å². The molecule has 0 bridgehead atoms. The van der Waals surface area contributed by atoms with Gasteiger partial charge in [-0.05, 0) is 41.0 Å². The SMILES string of the molecule is CCCC[C@H](NC(=O)OCC1c2ccccc2-c2ccccc21)C(=O)NCC(CC1CC1)C(=O)O. The van der Waals surface area contributed by atoms with Gasteiger partial charge in [0.05, 0.1) is 5.92 Å². The highest BCUT2D eigenvalue weighted by atomic mass is 16.5. The molecule has 0 heterocycles. The third-order valence-corrected chi connectivity index (χ3v) is 6.99. The van der Waals surface area contributed by atoms with Crippen LogP contribution in [-0.4, -0.2) is 42.3 Å². The minimum Gasteiger partial charge on any atom is -0.481 e. The highest BCUT2D eigenvalue weighted by Crippen LogP contribution is 2.44. The van der Waals surface area contributed by atoms with Gasteiger partial charge in [0.2, 0.25) is 5.91 Å². The molecule has 186 valence electrons. The van der Waals surface area contributed by atoms with Gasteiger partial charge in [-0.3, -0.25) is 9.59 Å². The predicted molar refractivity (Wildman–Crippen MR) is 133 cm³/mol. The Morgan fingerprint density at radius 2 is 1.66 bits per heavy atom. The first-order valence-corrected chi connectivity index (χ1v) is 12.6. The predicted octanol–water partition coefficient (Wildman–Crippen LogP) is 4.70. The Bertz CT molecular complexity index is 1020. The zero-order valence-corrected chi connectivity index (χ0v) is 20.2. The van der Waals surface area contributed by atoms with Crippen molar-refractivity contribution in [2.45, 2.75) is 57.4 Å². The highest BCUT2D eigenvalue weighted by molar-refractivity contribution is 5.86. The van der Waals surface area contributed by atoms with Crippen molar-refractivity contribution in [3.63, 3.8) is 0 Å². The van der Waals surface area contributed by atoms with Crippen LogP contribution < -0.4 is 10.6 Å². The molecule has 0 aromatic heterocycles. The van der Waals surface area contributed by atoms with E-state index in [9.17, 15) is 19.5 Å². The van der Waals surface area contributed by atoms with Crippen molar-refractivity contribution in [2.24, 2.45) is 11.8 Å². The number of hydrogen-bond acceptors (Lipinski definition) is 4. The molecule has 35 heavy (non-hydrogen) atoms. The lowest BCUT2D eigenvalue weighted by Crippen LogP contribution is -2.48. The number of hydrogen-bond donors (Lipinski definition) is 3. The van der Waals surface area contributed by atoms with Crippen molar-refractivity contribution in [3.8, 4) is 11.1 Å². The maximum atomic E-state index is 12.8. The zero-order chi connectivity index (χ0) is 24.8. The molecule has 1 fully saturated rings. The number of benzene rings is 2. The average Bonchev–Trinajstić information content (AvgIpc) is 3.63. The third-order valence-electron chi connectivity index (χ3n) is 6.99. The van der Waals surface area contributed by atoms with Gasteiger partial charge in [-0.1, -0.05) is 81.1 Å². The summed E-state index contributed by atoms with van der Waals surface area (Å²) in [6, 6.07) is 15.5. The van der Waals surface area contributed by atoms with Crippen LogP contribution in [0.5, 0.6) is 0 Å². The number of carboxylic acids is 1. The van der Waals surface area contributed by atoms with E-state index in [4.69, 9.17) is 4.74 Å². The highest BCUT2D eigenvalue weighted by Gasteiger charge is 2.31. The molecule has 7 heteroatoms. The fourth-order valence-corrected chi connectivity index (χ4v) is 4.83. The van der Waals surface area contributed by atoms with Crippen molar-refractivity contribution < 1.29 is 24.2 Å². The molecule has 2 aromatic rings. The van der Waals surface area contributed by atoms with Crippen molar-refractivity contribution in [2.75, 3.05) is 13.2 Å². The maximum absolute atomic E-state index is 12.8. The molecular weight excluding hydrogens is 444 g/mol. The summed E-state index contributed by atoms with van der Waals surface area (Å²) in [5, 5.41) is 14.9. The number of nitrogens with one attached hydrogen (secondary N) is 2. The van der Waals surface area contributed by atoms with Crippen LogP contribution in [0.4, 0.5) is 4.79 Å². The number of unbranched alkanes of at least 4 members (excludes halogenated alkanes) is 1. The summed E-state index contributed by atoms with van der Waals surface area (Å²) in [5.74, 6) is -1.48. The van der Waals surface area contributed by atoms with Crippen LogP contribution in [0.25, 0.3) is 11.1 Å². The van der Waals surface area contributed by atoms with E-state index < -0.39 is 24.0 Å². The first-order valence-electron chi connectivity index (χ1n) is 12.6. The minimum atomic E-state index is -0.896. The maximum Gasteiger partial charge on any atom is 0.407 e. The second-order valence-corrected chi connectivity index (χ2v) is 9.62. The van der Waals surface area contributed by atoms with Crippen LogP contribution in [0.1, 0.15) is 62.5 Å². The lowest BCUT2D eigenvalue weighted by Gasteiger charge is -2.21. The molecule has 0 radical (unpaired) electrons. The fourth-order valence-electron chi connectivity index (χ4n) is 4.83. The van der Waals surface area contributed by atoms with E-state index in [0.29, 0.717) is 18.8 Å². The van der Waals surface area contributed by atoms with Crippen LogP contribution in [0.2, 0.25) is 0 Å². The van der Waals surface area contributed by atoms with Gasteiger partial charge in [0, 0.05) is 12.5 Å². The summed E-state index contributed by atoms with van der Waals surface area (Å²) in [7, 11) is 0. The summed E-state index contributed by atoms with van der Waals surface area (Å²) in [6.07, 6.45) is 4.14. The van der Waals surface area contributed by atoms with E-state index in [1.807, 2.05) is 31.2 Å². The molecule has 2 aliphatic rings. The monoisotopic (exact) mass is 478 g/mol. The quantitative estimate of drug-likeness (QED) is 0.410. The van der Waals surface area contributed by atoms with Crippen molar-refractivity contribution >= 4 is 18.0 Å². The molecule has 3 N–H and O–H groups in total. The summed E-state index contributed by atoms with van der Waals surface area (Å²) in [6.45, 7) is 2.25. The second-order valence-electron chi connectivity index (χ2n) is 9.62. The molecule has 1 saturated carbocycles. The Morgan fingerprint density at radius 3 is 2.23 bits per heavy atom. The topological polar surface area (TPSA) is 105 Å². The number of alkyl carbamates (subject to hydrolysis) is 1. The van der Waals surface area contributed by atoms with Crippen LogP contribution in [0.3, 0.4) is 0 Å². The summed E-state index contributed by atoms with van der Waals surface area (Å²) < 4.78 is 5.60. The molecular formula is C28H34N2O5. The van der Waals surface area contributed by atoms with Gasteiger partial charge in [-0.2, -0.15) is 0 Å². The number of aliphatic carboxylic acids is 1. The van der Waals surface area contributed by atoms with Crippen LogP contribution in [-0.2, 0) is 14.3 Å². The fraction of sp³-hybridized carbons (Fsp3) is 0.464. The number of carboxylic acid groups (broad SMARTS) is 1. The third kappa shape index (κ3) is 6.21. The van der Waals surface area contributed by atoms with Gasteiger partial charge < -0.3 is 20.5 Å². The Labute approximate surface area is 206 Å². The molecule has 0 saturated heterocycles. The molecule has 2 aliphatic carbocycles. The molecule has 1 unspecified atom stereocenters. The first-order chi connectivity index (χ1) is 17.0. The number of amides is 2. The first kappa shape index (κ1) is 24.8. The smallest absolute Gasteiger partial charge is 0.407 e. The Kier molecular flexibility index (Phi) is 8.06. The summed E-state index contributed by atoms with van der Waals surface area (Å²) >= 11 is 0. The number of ether oxygens (including phenoxy) is 1. The standard InChI is InChI=1S/C28H34N2O5/c1-2-3-12-25(26(31)29-16-19(27(32)33)15-18-13-14-18)30-28(34)35-17-24-22-10-6-4-8-20(22)21-9-5-7-11-23(21)24/h4-11,18-19,24-25H,2-3,12-17H2,1H3,(H,29,31)(H,30,34)(H,32,33)/t19?,25-/m0/s1.